The number of benzene rings is 1. The highest BCUT2D eigenvalue weighted by Gasteiger charge is 2.24. The van der Waals surface area contributed by atoms with Crippen LogP contribution in [0, 0.1) is 11.6 Å². The second-order valence-corrected chi connectivity index (χ2v) is 5.46. The van der Waals surface area contributed by atoms with E-state index in [1.807, 2.05) is 4.90 Å². The van der Waals surface area contributed by atoms with Gasteiger partial charge in [-0.1, -0.05) is 6.92 Å². The van der Waals surface area contributed by atoms with Crippen molar-refractivity contribution in [2.75, 3.05) is 24.5 Å². The van der Waals surface area contributed by atoms with Crippen LogP contribution in [0.4, 0.5) is 14.5 Å². The van der Waals surface area contributed by atoms with Crippen molar-refractivity contribution in [3.63, 3.8) is 0 Å². The summed E-state index contributed by atoms with van der Waals surface area (Å²) in [5.41, 5.74) is 0.476. The molecule has 1 fully saturated rings. The van der Waals surface area contributed by atoms with Gasteiger partial charge in [0.15, 0.2) is 0 Å². The molecule has 1 aliphatic heterocycles. The van der Waals surface area contributed by atoms with E-state index in [1.165, 1.54) is 6.07 Å². The first kappa shape index (κ1) is 13.7. The molecule has 0 spiro atoms. The third-order valence-corrected chi connectivity index (χ3v) is 3.81. The molecule has 1 aliphatic rings. The first-order chi connectivity index (χ1) is 8.61. The van der Waals surface area contributed by atoms with Crippen LogP contribution in [0.5, 0.6) is 0 Å². The predicted molar refractivity (Wildman–Crippen MR) is 73.0 cm³/mol. The van der Waals surface area contributed by atoms with E-state index in [2.05, 4.69) is 28.2 Å². The SMILES string of the molecule is CCCNC1CCN(c2cc(Br)c(F)cc2F)C1. The molecular formula is C13H17BrF2N2. The molecular weight excluding hydrogens is 302 g/mol. The van der Waals surface area contributed by atoms with E-state index >= 15 is 0 Å². The lowest BCUT2D eigenvalue weighted by atomic mass is 10.2. The highest BCUT2D eigenvalue weighted by molar-refractivity contribution is 9.10. The maximum Gasteiger partial charge on any atom is 0.149 e. The number of nitrogens with one attached hydrogen (secondary N) is 1. The molecule has 1 unspecified atom stereocenters. The molecule has 0 aliphatic carbocycles. The predicted octanol–water partition coefficient (Wildman–Crippen LogP) is 3.31. The van der Waals surface area contributed by atoms with Crippen molar-refractivity contribution in [2.24, 2.45) is 0 Å². The second-order valence-electron chi connectivity index (χ2n) is 4.60. The monoisotopic (exact) mass is 318 g/mol. The Labute approximate surface area is 114 Å². The molecule has 1 aromatic rings. The summed E-state index contributed by atoms with van der Waals surface area (Å²) in [5.74, 6) is -1.05. The van der Waals surface area contributed by atoms with Crippen LogP contribution in [0.15, 0.2) is 16.6 Å². The minimum absolute atomic E-state index is 0.309. The summed E-state index contributed by atoms with van der Waals surface area (Å²) >= 11 is 3.10. The molecule has 1 N–H and O–H groups in total. The Kier molecular flexibility index (Phi) is 4.56. The maximum absolute atomic E-state index is 13.7. The van der Waals surface area contributed by atoms with E-state index in [0.29, 0.717) is 16.2 Å². The van der Waals surface area contributed by atoms with Crippen LogP contribution in [0.3, 0.4) is 0 Å². The van der Waals surface area contributed by atoms with E-state index in [0.717, 1.165) is 38.5 Å². The molecule has 0 aromatic heterocycles. The molecule has 0 radical (unpaired) electrons. The lowest BCUT2D eigenvalue weighted by molar-refractivity contribution is 0.547. The van der Waals surface area contributed by atoms with Gasteiger partial charge in [-0.2, -0.15) is 0 Å². The largest absolute Gasteiger partial charge is 0.368 e. The van der Waals surface area contributed by atoms with Crippen LogP contribution in [-0.4, -0.2) is 25.7 Å². The molecule has 18 heavy (non-hydrogen) atoms. The van der Waals surface area contributed by atoms with Crippen molar-refractivity contribution in [2.45, 2.75) is 25.8 Å². The topological polar surface area (TPSA) is 15.3 Å². The van der Waals surface area contributed by atoms with Crippen LogP contribution in [0.1, 0.15) is 19.8 Å². The number of rotatable bonds is 4. The van der Waals surface area contributed by atoms with Gasteiger partial charge >= 0.3 is 0 Å². The molecule has 0 bridgehead atoms. The Bertz CT molecular complexity index is 426. The van der Waals surface area contributed by atoms with Crippen molar-refractivity contribution < 1.29 is 8.78 Å². The summed E-state index contributed by atoms with van der Waals surface area (Å²) < 4.78 is 27.2. The van der Waals surface area contributed by atoms with Gasteiger partial charge in [0.25, 0.3) is 0 Å². The van der Waals surface area contributed by atoms with E-state index in [9.17, 15) is 8.78 Å². The maximum atomic E-state index is 13.7. The Hall–Kier alpha value is -0.680. The van der Waals surface area contributed by atoms with Gasteiger partial charge in [-0.3, -0.25) is 0 Å². The second kappa shape index (κ2) is 5.97. The quantitative estimate of drug-likeness (QED) is 0.857. The van der Waals surface area contributed by atoms with Crippen molar-refractivity contribution in [1.29, 1.82) is 0 Å². The molecule has 2 rings (SSSR count). The van der Waals surface area contributed by atoms with Gasteiger partial charge in [0.05, 0.1) is 10.2 Å². The number of hydrogen-bond acceptors (Lipinski definition) is 2. The third-order valence-electron chi connectivity index (χ3n) is 3.20. The van der Waals surface area contributed by atoms with E-state index < -0.39 is 11.6 Å². The molecule has 2 nitrogen and oxygen atoms in total. The summed E-state index contributed by atoms with van der Waals surface area (Å²) in [6.07, 6.45) is 2.08. The Morgan fingerprint density at radius 3 is 2.89 bits per heavy atom. The van der Waals surface area contributed by atoms with Crippen molar-refractivity contribution in [3.05, 3.63) is 28.2 Å². The van der Waals surface area contributed by atoms with Gasteiger partial charge in [-0.05, 0) is 41.4 Å². The summed E-state index contributed by atoms with van der Waals surface area (Å²) in [5, 5.41) is 3.43. The van der Waals surface area contributed by atoms with Crippen LogP contribution in [0.25, 0.3) is 0 Å². The minimum Gasteiger partial charge on any atom is -0.368 e. The summed E-state index contributed by atoms with van der Waals surface area (Å²) in [6.45, 7) is 4.68. The minimum atomic E-state index is -0.559. The highest BCUT2D eigenvalue weighted by atomic mass is 79.9. The fourth-order valence-corrected chi connectivity index (χ4v) is 2.58. The number of nitrogens with zero attached hydrogens (tertiary/aromatic N) is 1. The zero-order chi connectivity index (χ0) is 13.1. The van der Waals surface area contributed by atoms with Crippen LogP contribution < -0.4 is 10.2 Å². The van der Waals surface area contributed by atoms with Crippen LogP contribution >= 0.6 is 15.9 Å². The zero-order valence-electron chi connectivity index (χ0n) is 10.3. The fourth-order valence-electron chi connectivity index (χ4n) is 2.25. The molecule has 1 aromatic carbocycles. The molecule has 1 atom stereocenters. The lowest BCUT2D eigenvalue weighted by Crippen LogP contribution is -2.33. The molecule has 5 heteroatoms. The average molecular weight is 319 g/mol. The number of anilines is 1. The highest BCUT2D eigenvalue weighted by Crippen LogP contribution is 2.29. The van der Waals surface area contributed by atoms with Gasteiger partial charge in [0.2, 0.25) is 0 Å². The third kappa shape index (κ3) is 3.01. The van der Waals surface area contributed by atoms with E-state index in [1.54, 1.807) is 0 Å². The normalized spacial score (nSPS) is 19.6. The molecule has 1 heterocycles. The van der Waals surface area contributed by atoms with Crippen molar-refractivity contribution in [3.8, 4) is 0 Å². The van der Waals surface area contributed by atoms with E-state index in [4.69, 9.17) is 0 Å². The number of halogens is 3. The summed E-state index contributed by atoms with van der Waals surface area (Å²) in [4.78, 5) is 1.97. The first-order valence-electron chi connectivity index (χ1n) is 6.24. The first-order valence-corrected chi connectivity index (χ1v) is 7.04. The Morgan fingerprint density at radius 2 is 2.17 bits per heavy atom. The van der Waals surface area contributed by atoms with Crippen LogP contribution in [-0.2, 0) is 0 Å². The van der Waals surface area contributed by atoms with Crippen molar-refractivity contribution in [1.82, 2.24) is 5.32 Å². The molecule has 100 valence electrons. The standard InChI is InChI=1S/C13H17BrF2N2/c1-2-4-17-9-3-5-18(8-9)13-6-10(14)11(15)7-12(13)16/h6-7,9,17H,2-5,8H2,1H3. The van der Waals surface area contributed by atoms with Gasteiger partial charge in [0, 0.05) is 25.2 Å². The van der Waals surface area contributed by atoms with Crippen molar-refractivity contribution >= 4 is 21.6 Å². The fraction of sp³-hybridized carbons (Fsp3) is 0.538. The van der Waals surface area contributed by atoms with Crippen LogP contribution in [0.2, 0.25) is 0 Å². The van der Waals surface area contributed by atoms with Gasteiger partial charge in [0.1, 0.15) is 11.6 Å². The van der Waals surface area contributed by atoms with Gasteiger partial charge < -0.3 is 10.2 Å². The summed E-state index contributed by atoms with van der Waals surface area (Å²) in [7, 11) is 0. The smallest absolute Gasteiger partial charge is 0.149 e. The summed E-state index contributed by atoms with van der Waals surface area (Å²) in [6, 6.07) is 2.85. The average Bonchev–Trinajstić information content (AvgIpc) is 2.79. The molecule has 0 saturated carbocycles. The zero-order valence-corrected chi connectivity index (χ0v) is 11.9. The molecule has 1 saturated heterocycles. The Morgan fingerprint density at radius 1 is 1.39 bits per heavy atom. The Balaban J connectivity index is 2.07. The molecule has 0 amide bonds. The van der Waals surface area contributed by atoms with E-state index in [-0.39, 0.29) is 0 Å². The van der Waals surface area contributed by atoms with Gasteiger partial charge in [-0.15, -0.1) is 0 Å². The number of hydrogen-bond donors (Lipinski definition) is 1. The lowest BCUT2D eigenvalue weighted by Gasteiger charge is -2.20. The van der Waals surface area contributed by atoms with Gasteiger partial charge in [-0.25, -0.2) is 8.78 Å².